The molecule has 1 heterocycles. The number of hydrogen-bond acceptors (Lipinski definition) is 4. The van der Waals surface area contributed by atoms with E-state index < -0.39 is 33.9 Å². The zero-order chi connectivity index (χ0) is 15.5. The van der Waals surface area contributed by atoms with Crippen molar-refractivity contribution in [2.75, 3.05) is 18.8 Å². The van der Waals surface area contributed by atoms with E-state index in [0.29, 0.717) is 13.0 Å². The Balaban J connectivity index is 2.77. The number of nitrogens with zero attached hydrogens (tertiary/aromatic N) is 1. The van der Waals surface area contributed by atoms with Gasteiger partial charge in [-0.2, -0.15) is 4.31 Å². The van der Waals surface area contributed by atoms with Crippen molar-refractivity contribution in [1.29, 1.82) is 0 Å². The number of aliphatic carboxylic acids is 1. The predicted octanol–water partition coefficient (Wildman–Crippen LogP) is -0.117. The summed E-state index contributed by atoms with van der Waals surface area (Å²) in [6, 6.07) is -0.775. The minimum atomic E-state index is -3.38. The van der Waals surface area contributed by atoms with Crippen molar-refractivity contribution in [3.63, 3.8) is 0 Å². The summed E-state index contributed by atoms with van der Waals surface area (Å²) in [6.07, 6.45) is 0.518. The average Bonchev–Trinajstić information content (AvgIpc) is 2.66. The van der Waals surface area contributed by atoms with E-state index in [1.54, 1.807) is 13.8 Å². The molecule has 1 fully saturated rings. The molecule has 20 heavy (non-hydrogen) atoms. The molecule has 1 saturated heterocycles. The van der Waals surface area contributed by atoms with E-state index in [1.807, 2.05) is 0 Å². The molecule has 1 amide bonds. The Hall–Kier alpha value is -1.15. The van der Waals surface area contributed by atoms with Gasteiger partial charge >= 0.3 is 5.97 Å². The molecule has 0 aromatic heterocycles. The summed E-state index contributed by atoms with van der Waals surface area (Å²) in [5.41, 5.74) is 0. The summed E-state index contributed by atoms with van der Waals surface area (Å²) < 4.78 is 25.1. The second-order valence-corrected chi connectivity index (χ2v) is 7.49. The average molecular weight is 306 g/mol. The molecule has 1 aliphatic rings. The lowest BCUT2D eigenvalue weighted by Gasteiger charge is -2.28. The lowest BCUT2D eigenvalue weighted by molar-refractivity contribution is -0.141. The van der Waals surface area contributed by atoms with Crippen molar-refractivity contribution >= 4 is 21.9 Å². The second-order valence-electron chi connectivity index (χ2n) is 5.45. The van der Waals surface area contributed by atoms with Gasteiger partial charge in [0.25, 0.3) is 0 Å². The number of sulfonamides is 1. The molecule has 2 N–H and O–H groups in total. The number of amides is 1. The Morgan fingerprint density at radius 3 is 2.30 bits per heavy atom. The van der Waals surface area contributed by atoms with Gasteiger partial charge in [0.2, 0.25) is 15.9 Å². The summed E-state index contributed by atoms with van der Waals surface area (Å²) in [7, 11) is -3.38. The predicted molar refractivity (Wildman–Crippen MR) is 73.5 cm³/mol. The first kappa shape index (κ1) is 16.9. The molecular weight excluding hydrogens is 284 g/mol. The van der Waals surface area contributed by atoms with E-state index in [1.165, 1.54) is 11.2 Å². The van der Waals surface area contributed by atoms with Crippen LogP contribution >= 0.6 is 0 Å². The van der Waals surface area contributed by atoms with Gasteiger partial charge in [0.05, 0.1) is 11.7 Å². The van der Waals surface area contributed by atoms with Crippen LogP contribution in [0.4, 0.5) is 0 Å². The van der Waals surface area contributed by atoms with Crippen LogP contribution in [0, 0.1) is 11.8 Å². The Morgan fingerprint density at radius 1 is 1.30 bits per heavy atom. The van der Waals surface area contributed by atoms with E-state index in [-0.39, 0.29) is 18.2 Å². The van der Waals surface area contributed by atoms with Gasteiger partial charge in [0, 0.05) is 13.1 Å². The molecule has 0 aliphatic carbocycles. The molecule has 7 nitrogen and oxygen atoms in total. The highest BCUT2D eigenvalue weighted by Gasteiger charge is 2.39. The highest BCUT2D eigenvalue weighted by molar-refractivity contribution is 7.89. The third-order valence-electron chi connectivity index (χ3n) is 3.35. The summed E-state index contributed by atoms with van der Waals surface area (Å²) in [6.45, 7) is 5.37. The first-order chi connectivity index (χ1) is 9.16. The second kappa shape index (κ2) is 6.53. The van der Waals surface area contributed by atoms with Gasteiger partial charge < -0.3 is 10.4 Å². The summed E-state index contributed by atoms with van der Waals surface area (Å²) in [5, 5.41) is 11.3. The van der Waals surface area contributed by atoms with Crippen LogP contribution in [0.25, 0.3) is 0 Å². The number of carboxylic acids is 1. The van der Waals surface area contributed by atoms with Crippen molar-refractivity contribution in [2.24, 2.45) is 11.8 Å². The number of rotatable bonds is 6. The quantitative estimate of drug-likeness (QED) is 0.712. The van der Waals surface area contributed by atoms with E-state index in [2.05, 4.69) is 5.32 Å². The van der Waals surface area contributed by atoms with Gasteiger partial charge in [-0.1, -0.05) is 20.8 Å². The highest BCUT2D eigenvalue weighted by Crippen LogP contribution is 2.22. The largest absolute Gasteiger partial charge is 0.481 e. The highest BCUT2D eigenvalue weighted by atomic mass is 32.2. The number of carbonyl (C=O) groups is 2. The SMILES string of the molecule is CC(CNC(=O)C(C(C)C)N1CCCS1(=O)=O)C(=O)O. The van der Waals surface area contributed by atoms with E-state index >= 15 is 0 Å². The molecule has 0 saturated carbocycles. The van der Waals surface area contributed by atoms with Gasteiger partial charge in [-0.25, -0.2) is 8.42 Å². The summed E-state index contributed by atoms with van der Waals surface area (Å²) in [4.78, 5) is 22.9. The van der Waals surface area contributed by atoms with Crippen LogP contribution in [0.2, 0.25) is 0 Å². The summed E-state index contributed by atoms with van der Waals surface area (Å²) in [5.74, 6) is -2.25. The van der Waals surface area contributed by atoms with Gasteiger partial charge in [0.1, 0.15) is 6.04 Å². The normalized spacial score (nSPS) is 21.6. The summed E-state index contributed by atoms with van der Waals surface area (Å²) >= 11 is 0. The smallest absolute Gasteiger partial charge is 0.308 e. The van der Waals surface area contributed by atoms with Crippen molar-refractivity contribution in [3.05, 3.63) is 0 Å². The minimum Gasteiger partial charge on any atom is -0.481 e. The lowest BCUT2D eigenvalue weighted by Crippen LogP contribution is -2.51. The van der Waals surface area contributed by atoms with Crippen molar-refractivity contribution in [1.82, 2.24) is 9.62 Å². The molecule has 1 aliphatic heterocycles. The third-order valence-corrected chi connectivity index (χ3v) is 5.28. The number of carboxylic acid groups (broad SMARTS) is 1. The molecular formula is C12H22N2O5S. The molecule has 2 atom stereocenters. The zero-order valence-corrected chi connectivity index (χ0v) is 12.8. The molecule has 1 rings (SSSR count). The molecule has 2 unspecified atom stereocenters. The molecule has 8 heteroatoms. The third kappa shape index (κ3) is 3.92. The molecule has 116 valence electrons. The van der Waals surface area contributed by atoms with Crippen LogP contribution in [0.1, 0.15) is 27.2 Å². The Bertz CT molecular complexity index is 474. The standard InChI is InChI=1S/C12H22N2O5S/c1-8(2)10(14-5-4-6-20(14,18)19)11(15)13-7-9(3)12(16)17/h8-10H,4-7H2,1-3H3,(H,13,15)(H,16,17). The fourth-order valence-electron chi connectivity index (χ4n) is 2.18. The lowest BCUT2D eigenvalue weighted by atomic mass is 10.0. The van der Waals surface area contributed by atoms with Crippen LogP contribution in [0.15, 0.2) is 0 Å². The van der Waals surface area contributed by atoms with E-state index in [4.69, 9.17) is 5.11 Å². The number of nitrogens with one attached hydrogen (secondary N) is 1. The number of hydrogen-bond donors (Lipinski definition) is 2. The topological polar surface area (TPSA) is 104 Å². The van der Waals surface area contributed by atoms with Gasteiger partial charge in [0.15, 0.2) is 0 Å². The fraction of sp³-hybridized carbons (Fsp3) is 0.833. The van der Waals surface area contributed by atoms with E-state index in [9.17, 15) is 18.0 Å². The van der Waals surface area contributed by atoms with Gasteiger partial charge in [-0.3, -0.25) is 9.59 Å². The van der Waals surface area contributed by atoms with Crippen LogP contribution in [0.5, 0.6) is 0 Å². The van der Waals surface area contributed by atoms with Crippen LogP contribution in [-0.4, -0.2) is 54.6 Å². The van der Waals surface area contributed by atoms with Gasteiger partial charge in [-0.05, 0) is 12.3 Å². The molecule has 0 spiro atoms. The fourth-order valence-corrected chi connectivity index (χ4v) is 4.00. The van der Waals surface area contributed by atoms with Crippen LogP contribution < -0.4 is 5.32 Å². The minimum absolute atomic E-state index is 0.00866. The Labute approximate surface area is 119 Å². The van der Waals surface area contributed by atoms with Crippen LogP contribution in [-0.2, 0) is 19.6 Å². The first-order valence-corrected chi connectivity index (χ1v) is 8.27. The molecule has 0 radical (unpaired) electrons. The monoisotopic (exact) mass is 306 g/mol. The molecule has 0 aromatic carbocycles. The maximum absolute atomic E-state index is 12.2. The maximum Gasteiger partial charge on any atom is 0.308 e. The maximum atomic E-state index is 12.2. The first-order valence-electron chi connectivity index (χ1n) is 6.67. The molecule has 0 aromatic rings. The van der Waals surface area contributed by atoms with E-state index in [0.717, 1.165) is 0 Å². The molecule has 0 bridgehead atoms. The zero-order valence-electron chi connectivity index (χ0n) is 12.0. The number of carbonyl (C=O) groups excluding carboxylic acids is 1. The Kier molecular flexibility index (Phi) is 5.52. The van der Waals surface area contributed by atoms with Crippen molar-refractivity contribution < 1.29 is 23.1 Å². The van der Waals surface area contributed by atoms with Gasteiger partial charge in [-0.15, -0.1) is 0 Å². The van der Waals surface area contributed by atoms with Crippen molar-refractivity contribution in [3.8, 4) is 0 Å². The van der Waals surface area contributed by atoms with Crippen molar-refractivity contribution in [2.45, 2.75) is 33.2 Å². The Morgan fingerprint density at radius 2 is 1.90 bits per heavy atom. The van der Waals surface area contributed by atoms with Crippen LogP contribution in [0.3, 0.4) is 0 Å².